The van der Waals surface area contributed by atoms with Crippen molar-refractivity contribution in [2.45, 2.75) is 0 Å². The maximum atomic E-state index is 12.2. The lowest BCUT2D eigenvalue weighted by Gasteiger charge is -2.12. The highest BCUT2D eigenvalue weighted by Gasteiger charge is 2.16. The first-order chi connectivity index (χ1) is 11.8. The molecular formula is C15H11ClN4O4S. The molecule has 10 heteroatoms. The summed E-state index contributed by atoms with van der Waals surface area (Å²) in [5, 5.41) is 15.6. The van der Waals surface area contributed by atoms with Gasteiger partial charge < -0.3 is 11.1 Å². The molecule has 0 atom stereocenters. The van der Waals surface area contributed by atoms with Gasteiger partial charge in [-0.3, -0.25) is 25.0 Å². The van der Waals surface area contributed by atoms with Crippen LogP contribution >= 0.6 is 23.8 Å². The lowest BCUT2D eigenvalue weighted by atomic mass is 10.1. The lowest BCUT2D eigenvalue weighted by Crippen LogP contribution is -2.34. The van der Waals surface area contributed by atoms with Gasteiger partial charge in [0.05, 0.1) is 26.8 Å². The van der Waals surface area contributed by atoms with Gasteiger partial charge in [-0.15, -0.1) is 0 Å². The molecule has 0 saturated carbocycles. The Hall–Kier alpha value is -3.04. The number of para-hydroxylation sites is 1. The molecule has 25 heavy (non-hydrogen) atoms. The van der Waals surface area contributed by atoms with E-state index in [1.165, 1.54) is 12.1 Å². The number of rotatable bonds is 4. The van der Waals surface area contributed by atoms with Crippen molar-refractivity contribution >= 4 is 52.1 Å². The zero-order valence-electron chi connectivity index (χ0n) is 12.5. The van der Waals surface area contributed by atoms with E-state index in [1.807, 2.05) is 0 Å². The van der Waals surface area contributed by atoms with Crippen LogP contribution in [0.2, 0.25) is 5.02 Å². The molecule has 2 rings (SSSR count). The summed E-state index contributed by atoms with van der Waals surface area (Å²) in [5.41, 5.74) is 5.56. The summed E-state index contributed by atoms with van der Waals surface area (Å²) < 4.78 is 0. The average Bonchev–Trinajstić information content (AvgIpc) is 2.54. The molecule has 0 fully saturated rings. The lowest BCUT2D eigenvalue weighted by molar-refractivity contribution is -0.384. The molecule has 0 spiro atoms. The average molecular weight is 379 g/mol. The van der Waals surface area contributed by atoms with Crippen molar-refractivity contribution in [3.8, 4) is 0 Å². The monoisotopic (exact) mass is 378 g/mol. The maximum absolute atomic E-state index is 12.2. The van der Waals surface area contributed by atoms with Crippen molar-refractivity contribution < 1.29 is 14.5 Å². The number of amides is 2. The van der Waals surface area contributed by atoms with Crippen LogP contribution in [0.3, 0.4) is 0 Å². The van der Waals surface area contributed by atoms with Gasteiger partial charge in [-0.05, 0) is 30.4 Å². The number of nitro benzene ring substituents is 1. The zero-order valence-corrected chi connectivity index (χ0v) is 14.1. The number of nitro groups is 1. The number of primary amides is 1. The quantitative estimate of drug-likeness (QED) is 0.426. The van der Waals surface area contributed by atoms with E-state index in [-0.39, 0.29) is 26.9 Å². The van der Waals surface area contributed by atoms with Gasteiger partial charge >= 0.3 is 0 Å². The molecule has 0 aliphatic heterocycles. The number of nitrogens with two attached hydrogens (primary N) is 1. The number of nitrogens with zero attached hydrogens (tertiary/aromatic N) is 1. The number of thiocarbonyl (C=S) groups is 1. The molecule has 0 saturated heterocycles. The van der Waals surface area contributed by atoms with E-state index in [9.17, 15) is 19.7 Å². The fraction of sp³-hybridized carbons (Fsp3) is 0. The minimum atomic E-state index is -0.658. The zero-order chi connectivity index (χ0) is 18.6. The minimum absolute atomic E-state index is 0.0135. The summed E-state index contributed by atoms with van der Waals surface area (Å²) in [7, 11) is 0. The third kappa shape index (κ3) is 4.49. The number of hydrogen-bond acceptors (Lipinski definition) is 5. The van der Waals surface area contributed by atoms with E-state index in [0.29, 0.717) is 5.69 Å². The Labute approximate surface area is 152 Å². The van der Waals surface area contributed by atoms with E-state index >= 15 is 0 Å². The van der Waals surface area contributed by atoms with Gasteiger partial charge in [0.25, 0.3) is 17.5 Å². The van der Waals surface area contributed by atoms with Crippen molar-refractivity contribution in [2.75, 3.05) is 5.32 Å². The molecule has 2 aromatic rings. The molecule has 8 nitrogen and oxygen atoms in total. The number of carbonyl (C=O) groups is 2. The second-order valence-corrected chi connectivity index (χ2v) is 5.55. The highest BCUT2D eigenvalue weighted by molar-refractivity contribution is 7.80. The van der Waals surface area contributed by atoms with Crippen LogP contribution in [0.15, 0.2) is 42.5 Å². The molecule has 0 heterocycles. The largest absolute Gasteiger partial charge is 0.366 e. The maximum Gasteiger partial charge on any atom is 0.270 e. The second-order valence-electron chi connectivity index (χ2n) is 4.74. The summed E-state index contributed by atoms with van der Waals surface area (Å²) in [5.74, 6) is -1.32. The standard InChI is InChI=1S/C15H11ClN4O4S/c16-11-7-8(20(23)24)5-6-9(11)14(22)19-15(25)18-12-4-2-1-3-10(12)13(17)21/h1-7H,(H2,17,21)(H2,18,19,22,25). The molecule has 0 bridgehead atoms. The number of carbonyl (C=O) groups excluding carboxylic acids is 2. The normalized spacial score (nSPS) is 9.96. The summed E-state index contributed by atoms with van der Waals surface area (Å²) in [6.07, 6.45) is 0. The van der Waals surface area contributed by atoms with Gasteiger partial charge in [0.15, 0.2) is 5.11 Å². The highest BCUT2D eigenvalue weighted by Crippen LogP contribution is 2.22. The van der Waals surface area contributed by atoms with Crippen LogP contribution in [0.25, 0.3) is 0 Å². The smallest absolute Gasteiger partial charge is 0.270 e. The topological polar surface area (TPSA) is 127 Å². The fourth-order valence-corrected chi connectivity index (χ4v) is 2.40. The first-order valence-corrected chi connectivity index (χ1v) is 7.53. The summed E-state index contributed by atoms with van der Waals surface area (Å²) in [6, 6.07) is 9.79. The Kier molecular flexibility index (Phi) is 5.63. The van der Waals surface area contributed by atoms with E-state index in [2.05, 4.69) is 10.6 Å². The van der Waals surface area contributed by atoms with Crippen LogP contribution < -0.4 is 16.4 Å². The SMILES string of the molecule is NC(=O)c1ccccc1NC(=S)NC(=O)c1ccc([N+](=O)[O-])cc1Cl. The van der Waals surface area contributed by atoms with Crippen molar-refractivity contribution in [3.63, 3.8) is 0 Å². The highest BCUT2D eigenvalue weighted by atomic mass is 35.5. The van der Waals surface area contributed by atoms with Crippen molar-refractivity contribution in [3.05, 3.63) is 68.7 Å². The van der Waals surface area contributed by atoms with Gasteiger partial charge in [-0.1, -0.05) is 23.7 Å². The Balaban J connectivity index is 2.12. The molecule has 2 aromatic carbocycles. The number of nitrogens with one attached hydrogen (secondary N) is 2. The third-order valence-corrected chi connectivity index (χ3v) is 3.59. The molecule has 128 valence electrons. The summed E-state index contributed by atoms with van der Waals surface area (Å²) >= 11 is 10.9. The van der Waals surface area contributed by atoms with E-state index in [4.69, 9.17) is 29.6 Å². The van der Waals surface area contributed by atoms with Crippen molar-refractivity contribution in [1.29, 1.82) is 0 Å². The first kappa shape index (κ1) is 18.3. The Morgan fingerprint density at radius 2 is 1.84 bits per heavy atom. The van der Waals surface area contributed by atoms with Crippen molar-refractivity contribution in [2.24, 2.45) is 5.73 Å². The molecule has 0 aromatic heterocycles. The minimum Gasteiger partial charge on any atom is -0.366 e. The number of non-ortho nitro benzene ring substituents is 1. The Morgan fingerprint density at radius 3 is 2.44 bits per heavy atom. The van der Waals surface area contributed by atoms with Gasteiger partial charge in [-0.2, -0.15) is 0 Å². The van der Waals surface area contributed by atoms with Crippen molar-refractivity contribution in [1.82, 2.24) is 5.32 Å². The molecule has 0 unspecified atom stereocenters. The van der Waals surface area contributed by atoms with Gasteiger partial charge in [0.1, 0.15) is 0 Å². The second kappa shape index (κ2) is 7.69. The number of hydrogen-bond donors (Lipinski definition) is 3. The van der Waals surface area contributed by atoms with Crippen LogP contribution in [0.4, 0.5) is 11.4 Å². The molecule has 0 aliphatic rings. The van der Waals surface area contributed by atoms with Crippen LogP contribution in [0.1, 0.15) is 20.7 Å². The van der Waals surface area contributed by atoms with Crippen LogP contribution in [-0.4, -0.2) is 21.9 Å². The van der Waals surface area contributed by atoms with E-state index in [1.54, 1.807) is 18.2 Å². The van der Waals surface area contributed by atoms with E-state index in [0.717, 1.165) is 12.1 Å². The van der Waals surface area contributed by atoms with Gasteiger partial charge in [-0.25, -0.2) is 0 Å². The number of anilines is 1. The van der Waals surface area contributed by atoms with Gasteiger partial charge in [0.2, 0.25) is 0 Å². The summed E-state index contributed by atoms with van der Waals surface area (Å²) in [4.78, 5) is 33.6. The molecule has 0 aliphatic carbocycles. The molecular weight excluding hydrogens is 368 g/mol. The fourth-order valence-electron chi connectivity index (χ4n) is 1.93. The van der Waals surface area contributed by atoms with Crippen LogP contribution in [0, 0.1) is 10.1 Å². The van der Waals surface area contributed by atoms with E-state index < -0.39 is 16.7 Å². The van der Waals surface area contributed by atoms with Crippen LogP contribution in [0.5, 0.6) is 0 Å². The predicted octanol–water partition coefficient (Wildman–Crippen LogP) is 2.47. The third-order valence-electron chi connectivity index (χ3n) is 3.08. The first-order valence-electron chi connectivity index (χ1n) is 6.74. The number of benzene rings is 2. The Bertz CT molecular complexity index is 888. The van der Waals surface area contributed by atoms with Crippen LogP contribution in [-0.2, 0) is 0 Å². The number of halogens is 1. The molecule has 2 amide bonds. The summed E-state index contributed by atoms with van der Waals surface area (Å²) in [6.45, 7) is 0. The Morgan fingerprint density at radius 1 is 1.16 bits per heavy atom. The predicted molar refractivity (Wildman–Crippen MR) is 96.8 cm³/mol. The molecule has 0 radical (unpaired) electrons. The molecule has 4 N–H and O–H groups in total. The van der Waals surface area contributed by atoms with Gasteiger partial charge in [0, 0.05) is 12.1 Å².